The van der Waals surface area contributed by atoms with Crippen LogP contribution in [0.25, 0.3) is 0 Å². The normalized spacial score (nSPS) is 10.7. The number of rotatable bonds is 7. The lowest BCUT2D eigenvalue weighted by Gasteiger charge is -2.12. The van der Waals surface area contributed by atoms with E-state index in [1.165, 1.54) is 44.7 Å². The number of hydrogen-bond donors (Lipinski definition) is 1. The lowest BCUT2D eigenvalue weighted by Crippen LogP contribution is -2.17. The summed E-state index contributed by atoms with van der Waals surface area (Å²) in [5.74, 6) is -0.225. The van der Waals surface area contributed by atoms with E-state index in [9.17, 15) is 9.59 Å². The minimum atomic E-state index is -0.617. The largest absolute Gasteiger partial charge is 0.497 e. The molecule has 0 unspecified atom stereocenters. The maximum atomic E-state index is 12.5. The monoisotopic (exact) mass is 506 g/mol. The first-order valence-electron chi connectivity index (χ1n) is 9.34. The van der Waals surface area contributed by atoms with Crippen molar-refractivity contribution in [2.75, 3.05) is 14.2 Å². The molecule has 0 atom stereocenters. The Bertz CT molecular complexity index is 1210. The van der Waals surface area contributed by atoms with Gasteiger partial charge in [0.15, 0.2) is 11.5 Å². The van der Waals surface area contributed by atoms with Gasteiger partial charge in [-0.1, -0.05) is 34.8 Å². The summed E-state index contributed by atoms with van der Waals surface area (Å²) >= 11 is 18.1. The Morgan fingerprint density at radius 2 is 1.55 bits per heavy atom. The highest BCUT2D eigenvalue weighted by atomic mass is 35.5. The molecule has 1 N–H and O–H groups in total. The fraction of sp³-hybridized carbons (Fsp3) is 0.0870. The van der Waals surface area contributed by atoms with Gasteiger partial charge in [0.05, 0.1) is 41.1 Å². The molecule has 0 aliphatic rings. The number of carbonyl (C=O) groups excluding carboxylic acids is 2. The first-order valence-corrected chi connectivity index (χ1v) is 10.5. The third-order valence-corrected chi connectivity index (χ3v) is 5.35. The highest BCUT2D eigenvalue weighted by Gasteiger charge is 2.17. The number of halogens is 3. The van der Waals surface area contributed by atoms with Gasteiger partial charge in [-0.2, -0.15) is 5.10 Å². The van der Waals surface area contributed by atoms with E-state index in [4.69, 9.17) is 49.0 Å². The Balaban J connectivity index is 1.73. The van der Waals surface area contributed by atoms with Gasteiger partial charge in [-0.3, -0.25) is 4.79 Å². The average molecular weight is 508 g/mol. The van der Waals surface area contributed by atoms with Gasteiger partial charge in [-0.05, 0) is 60.2 Å². The molecule has 3 aromatic rings. The molecule has 33 heavy (non-hydrogen) atoms. The molecule has 0 aliphatic carbocycles. The summed E-state index contributed by atoms with van der Waals surface area (Å²) in [7, 11) is 2.94. The predicted octanol–water partition coefficient (Wildman–Crippen LogP) is 5.65. The zero-order valence-corrected chi connectivity index (χ0v) is 19.7. The van der Waals surface area contributed by atoms with Crippen molar-refractivity contribution in [2.24, 2.45) is 5.10 Å². The molecule has 0 heterocycles. The summed E-state index contributed by atoms with van der Waals surface area (Å²) in [6.45, 7) is 0. The van der Waals surface area contributed by atoms with Gasteiger partial charge in [0.2, 0.25) is 0 Å². The topological polar surface area (TPSA) is 86.2 Å². The Morgan fingerprint density at radius 1 is 0.848 bits per heavy atom. The number of nitrogens with one attached hydrogen (secondary N) is 1. The van der Waals surface area contributed by atoms with Crippen molar-refractivity contribution in [3.63, 3.8) is 0 Å². The van der Waals surface area contributed by atoms with Gasteiger partial charge in [0, 0.05) is 5.56 Å². The molecule has 0 aliphatic heterocycles. The second-order valence-electron chi connectivity index (χ2n) is 6.48. The van der Waals surface area contributed by atoms with Gasteiger partial charge in [0.25, 0.3) is 5.91 Å². The van der Waals surface area contributed by atoms with Crippen molar-refractivity contribution in [1.82, 2.24) is 5.43 Å². The van der Waals surface area contributed by atoms with Gasteiger partial charge in [0.1, 0.15) is 5.75 Å². The highest BCUT2D eigenvalue weighted by molar-refractivity contribution is 6.42. The van der Waals surface area contributed by atoms with E-state index in [-0.39, 0.29) is 27.1 Å². The SMILES string of the molecule is COc1ccc(C(=O)Oc2c(Cl)cc(/C=N\NC(=O)c3ccc(Cl)c(Cl)c3)cc2OC)cc1. The van der Waals surface area contributed by atoms with Crippen LogP contribution in [0.4, 0.5) is 0 Å². The first-order chi connectivity index (χ1) is 15.8. The lowest BCUT2D eigenvalue weighted by atomic mass is 10.2. The number of methoxy groups -OCH3 is 2. The van der Waals surface area contributed by atoms with E-state index in [1.807, 2.05) is 0 Å². The quantitative estimate of drug-likeness (QED) is 0.193. The molecule has 10 heteroatoms. The minimum absolute atomic E-state index is 0.0528. The lowest BCUT2D eigenvalue weighted by molar-refractivity contribution is 0.0729. The molecule has 1 amide bonds. The summed E-state index contributed by atoms with van der Waals surface area (Å²) < 4.78 is 15.8. The number of amides is 1. The number of carbonyl (C=O) groups is 2. The third kappa shape index (κ3) is 6.16. The molecule has 3 aromatic carbocycles. The maximum absolute atomic E-state index is 12.5. The van der Waals surface area contributed by atoms with Crippen molar-refractivity contribution < 1.29 is 23.8 Å². The zero-order valence-electron chi connectivity index (χ0n) is 17.4. The molecule has 7 nitrogen and oxygen atoms in total. The molecule has 0 spiro atoms. The predicted molar refractivity (Wildman–Crippen MR) is 127 cm³/mol. The van der Waals surface area contributed by atoms with Crippen LogP contribution in [0, 0.1) is 0 Å². The standard InChI is InChI=1S/C23H17Cl3N2O5/c1-31-16-6-3-14(4-7-16)23(30)33-21-19(26)9-13(10-20(21)32-2)12-27-28-22(29)15-5-8-17(24)18(25)11-15/h3-12H,1-2H3,(H,28,29)/b27-12-. The van der Waals surface area contributed by atoms with Crippen molar-refractivity contribution in [2.45, 2.75) is 0 Å². The van der Waals surface area contributed by atoms with Crippen molar-refractivity contribution in [3.05, 3.63) is 86.4 Å². The van der Waals surface area contributed by atoms with Crippen LogP contribution in [0.1, 0.15) is 26.3 Å². The van der Waals surface area contributed by atoms with E-state index in [1.54, 1.807) is 30.3 Å². The zero-order chi connectivity index (χ0) is 24.0. The first kappa shape index (κ1) is 24.4. The number of benzene rings is 3. The van der Waals surface area contributed by atoms with Gasteiger partial charge in [-0.25, -0.2) is 10.2 Å². The molecule has 0 fully saturated rings. The van der Waals surface area contributed by atoms with Crippen LogP contribution in [-0.4, -0.2) is 32.3 Å². The van der Waals surface area contributed by atoms with E-state index in [2.05, 4.69) is 10.5 Å². The molecular weight excluding hydrogens is 491 g/mol. The summed E-state index contributed by atoms with van der Waals surface area (Å²) in [4.78, 5) is 24.7. The number of nitrogens with zero attached hydrogens (tertiary/aromatic N) is 1. The van der Waals surface area contributed by atoms with E-state index >= 15 is 0 Å². The molecule has 0 radical (unpaired) electrons. The van der Waals surface area contributed by atoms with Crippen LogP contribution in [0.2, 0.25) is 15.1 Å². The maximum Gasteiger partial charge on any atom is 0.343 e. The van der Waals surface area contributed by atoms with Crippen LogP contribution in [-0.2, 0) is 0 Å². The van der Waals surface area contributed by atoms with E-state index < -0.39 is 11.9 Å². The number of hydrogen-bond acceptors (Lipinski definition) is 6. The molecule has 0 bridgehead atoms. The molecule has 170 valence electrons. The van der Waals surface area contributed by atoms with Crippen molar-refractivity contribution >= 4 is 52.9 Å². The number of esters is 1. The Morgan fingerprint density at radius 3 is 2.18 bits per heavy atom. The Kier molecular flexibility index (Phi) is 8.16. The Hall–Kier alpha value is -3.26. The van der Waals surface area contributed by atoms with Crippen molar-refractivity contribution in [1.29, 1.82) is 0 Å². The average Bonchev–Trinajstić information content (AvgIpc) is 2.82. The molecule has 0 saturated heterocycles. The van der Waals surface area contributed by atoms with Crippen LogP contribution in [0.3, 0.4) is 0 Å². The van der Waals surface area contributed by atoms with Crippen molar-refractivity contribution in [3.8, 4) is 17.2 Å². The van der Waals surface area contributed by atoms with Gasteiger partial charge < -0.3 is 14.2 Å². The fourth-order valence-corrected chi connectivity index (χ4v) is 3.22. The molecule has 0 aromatic heterocycles. The molecular formula is C23H17Cl3N2O5. The molecule has 3 rings (SSSR count). The Labute approximate surface area is 204 Å². The summed E-state index contributed by atoms with van der Waals surface area (Å²) in [5, 5.41) is 4.62. The minimum Gasteiger partial charge on any atom is -0.497 e. The number of ether oxygens (including phenoxy) is 3. The van der Waals surface area contributed by atoms with Crippen LogP contribution >= 0.6 is 34.8 Å². The summed E-state index contributed by atoms with van der Waals surface area (Å²) in [5.41, 5.74) is 3.47. The van der Waals surface area contributed by atoms with Crippen LogP contribution < -0.4 is 19.6 Å². The van der Waals surface area contributed by atoms with Gasteiger partial charge >= 0.3 is 5.97 Å². The highest BCUT2D eigenvalue weighted by Crippen LogP contribution is 2.36. The van der Waals surface area contributed by atoms with Crippen LogP contribution in [0.5, 0.6) is 17.2 Å². The van der Waals surface area contributed by atoms with E-state index in [0.717, 1.165) is 0 Å². The number of hydrazone groups is 1. The van der Waals surface area contributed by atoms with Crippen LogP contribution in [0.15, 0.2) is 59.7 Å². The second-order valence-corrected chi connectivity index (χ2v) is 7.70. The van der Waals surface area contributed by atoms with E-state index in [0.29, 0.717) is 21.9 Å². The molecule has 0 saturated carbocycles. The summed E-state index contributed by atoms with van der Waals surface area (Å²) in [6, 6.07) is 13.9. The second kappa shape index (κ2) is 11.0. The third-order valence-electron chi connectivity index (χ3n) is 4.33. The smallest absolute Gasteiger partial charge is 0.343 e. The van der Waals surface area contributed by atoms with Gasteiger partial charge in [-0.15, -0.1) is 0 Å². The summed E-state index contributed by atoms with van der Waals surface area (Å²) in [6.07, 6.45) is 1.36. The fourth-order valence-electron chi connectivity index (χ4n) is 2.66.